The molecule has 15 heteroatoms. The standard InChI is InChI=1S/C36H40ClN5O9/c1-41-17-22(13-26(41)35(49)40-21-11-9-20(38)10-12-21)39-29(44)7-4-8-30(45)42-16-19(15-37)31-24-6-3-2-5-23(24)27(14-25(31)42)50-36-34(48)33(47)32(46)28(18-43)51-36/h2-3,5-6,9-14,17,19,28,32-34,36,43,46-48H,4,7-8,15-16,18,38H2,1H3,(H,39,44)(H,40,49)/t19-,28-,32+,33+,34-,36-/m1/s1. The molecule has 6 rings (SSSR count). The molecular weight excluding hydrogens is 682 g/mol. The number of carbonyl (C=O) groups excluding carboxylic acids is 3. The first kappa shape index (κ1) is 36.1. The minimum Gasteiger partial charge on any atom is -0.461 e. The number of fused-ring (bicyclic) bond motifs is 3. The first-order valence-corrected chi connectivity index (χ1v) is 17.0. The lowest BCUT2D eigenvalue weighted by molar-refractivity contribution is -0.277. The molecule has 1 aromatic heterocycles. The Hall–Kier alpha value is -4.70. The normalized spacial score (nSPS) is 22.8. The van der Waals surface area contributed by atoms with Gasteiger partial charge in [0.1, 0.15) is 35.9 Å². The van der Waals surface area contributed by atoms with E-state index in [0.29, 0.717) is 40.4 Å². The van der Waals surface area contributed by atoms with E-state index < -0.39 is 37.3 Å². The third kappa shape index (κ3) is 7.52. The second-order valence-corrected chi connectivity index (χ2v) is 13.0. The van der Waals surface area contributed by atoms with Crippen LogP contribution in [0.15, 0.2) is 66.9 Å². The molecule has 0 unspecified atom stereocenters. The molecule has 14 nitrogen and oxygen atoms in total. The summed E-state index contributed by atoms with van der Waals surface area (Å²) in [5.41, 5.74) is 9.05. The molecule has 0 radical (unpaired) electrons. The molecule has 0 saturated carbocycles. The Balaban J connectivity index is 1.12. The number of aliphatic hydroxyl groups is 4. The lowest BCUT2D eigenvalue weighted by Gasteiger charge is -2.39. The first-order chi connectivity index (χ1) is 24.5. The SMILES string of the molecule is Cn1cc(NC(=O)CCCC(=O)N2C[C@@H](CCl)c3c2cc(O[C@@H]2O[C@H](CO)[C@H](O)[C@H](O)[C@H]2O)c2ccccc32)cc1C(=O)Nc1ccc(N)cc1. The second-order valence-electron chi connectivity index (χ2n) is 12.7. The molecule has 0 aliphatic carbocycles. The minimum absolute atomic E-state index is 0.0520. The number of nitrogens with zero attached hydrogens (tertiary/aromatic N) is 2. The Morgan fingerprint density at radius 1 is 0.961 bits per heavy atom. The summed E-state index contributed by atoms with van der Waals surface area (Å²) in [5, 5.41) is 47.8. The number of benzene rings is 3. The molecule has 3 amide bonds. The van der Waals surface area contributed by atoms with E-state index in [4.69, 9.17) is 26.8 Å². The van der Waals surface area contributed by atoms with E-state index in [1.807, 2.05) is 18.2 Å². The number of aryl methyl sites for hydroxylation is 1. The van der Waals surface area contributed by atoms with Crippen molar-refractivity contribution < 1.29 is 44.3 Å². The molecule has 0 bridgehead atoms. The summed E-state index contributed by atoms with van der Waals surface area (Å²) in [6, 6.07) is 17.3. The molecule has 1 saturated heterocycles. The number of ether oxygens (including phenoxy) is 2. The Kier molecular flexibility index (Phi) is 10.8. The molecule has 0 spiro atoms. The predicted octanol–water partition coefficient (Wildman–Crippen LogP) is 2.67. The van der Waals surface area contributed by atoms with E-state index >= 15 is 0 Å². The van der Waals surface area contributed by atoms with E-state index in [-0.39, 0.29) is 54.5 Å². The molecular formula is C36H40ClN5O9. The van der Waals surface area contributed by atoms with Crippen molar-refractivity contribution >= 4 is 62.8 Å². The number of hydrogen-bond donors (Lipinski definition) is 7. The number of nitrogens with one attached hydrogen (secondary N) is 2. The van der Waals surface area contributed by atoms with Crippen molar-refractivity contribution in [1.29, 1.82) is 0 Å². The van der Waals surface area contributed by atoms with E-state index in [2.05, 4.69) is 10.6 Å². The van der Waals surface area contributed by atoms with Crippen LogP contribution in [0.1, 0.15) is 41.2 Å². The molecule has 4 aromatic rings. The van der Waals surface area contributed by atoms with Gasteiger partial charge in [0.2, 0.25) is 18.1 Å². The number of hydrogen-bond acceptors (Lipinski definition) is 10. The molecule has 51 heavy (non-hydrogen) atoms. The van der Waals surface area contributed by atoms with Crippen LogP contribution in [0.3, 0.4) is 0 Å². The molecule has 2 aliphatic heterocycles. The average molecular weight is 722 g/mol. The average Bonchev–Trinajstić information content (AvgIpc) is 3.69. The maximum atomic E-state index is 13.7. The van der Waals surface area contributed by atoms with Gasteiger partial charge in [0.05, 0.1) is 18.0 Å². The van der Waals surface area contributed by atoms with Crippen LogP contribution in [0, 0.1) is 0 Å². The highest BCUT2D eigenvalue weighted by molar-refractivity contribution is 6.19. The van der Waals surface area contributed by atoms with Gasteiger partial charge in [0.15, 0.2) is 0 Å². The van der Waals surface area contributed by atoms with Crippen molar-refractivity contribution in [3.63, 3.8) is 0 Å². The van der Waals surface area contributed by atoms with Crippen LogP contribution in [0.5, 0.6) is 5.75 Å². The van der Waals surface area contributed by atoms with E-state index in [0.717, 1.165) is 10.9 Å². The van der Waals surface area contributed by atoms with Crippen molar-refractivity contribution in [3.8, 4) is 5.75 Å². The number of amides is 3. The molecule has 8 N–H and O–H groups in total. The van der Waals surface area contributed by atoms with E-state index in [9.17, 15) is 34.8 Å². The summed E-state index contributed by atoms with van der Waals surface area (Å²) >= 11 is 6.40. The Labute approximate surface area is 298 Å². The van der Waals surface area contributed by atoms with Crippen LogP contribution in [-0.2, 0) is 21.4 Å². The van der Waals surface area contributed by atoms with Crippen LogP contribution in [0.25, 0.3) is 10.8 Å². The van der Waals surface area contributed by atoms with Gasteiger partial charge in [-0.3, -0.25) is 14.4 Å². The van der Waals surface area contributed by atoms with Gasteiger partial charge in [-0.25, -0.2) is 0 Å². The third-order valence-corrected chi connectivity index (χ3v) is 9.56. The van der Waals surface area contributed by atoms with Crippen molar-refractivity contribution in [1.82, 2.24) is 4.57 Å². The first-order valence-electron chi connectivity index (χ1n) is 16.5. The third-order valence-electron chi connectivity index (χ3n) is 9.19. The molecule has 3 heterocycles. The molecule has 2 aliphatic rings. The zero-order valence-corrected chi connectivity index (χ0v) is 28.5. The van der Waals surface area contributed by atoms with Gasteiger partial charge in [0.25, 0.3) is 5.91 Å². The quantitative estimate of drug-likeness (QED) is 0.0890. The monoisotopic (exact) mass is 721 g/mol. The minimum atomic E-state index is -1.62. The maximum absolute atomic E-state index is 13.7. The topological polar surface area (TPSA) is 209 Å². The van der Waals surface area contributed by atoms with Crippen LogP contribution < -0.4 is 26.0 Å². The van der Waals surface area contributed by atoms with Crippen molar-refractivity contribution in [2.24, 2.45) is 7.05 Å². The van der Waals surface area contributed by atoms with Crippen molar-refractivity contribution in [2.45, 2.75) is 55.9 Å². The number of nitrogen functional groups attached to an aromatic ring is 1. The van der Waals surface area contributed by atoms with Gasteiger partial charge in [-0.05, 0) is 47.7 Å². The van der Waals surface area contributed by atoms with Crippen molar-refractivity contribution in [3.05, 3.63) is 78.1 Å². The van der Waals surface area contributed by atoms with Crippen LogP contribution in [0.2, 0.25) is 0 Å². The van der Waals surface area contributed by atoms with Crippen LogP contribution in [-0.4, -0.2) is 92.5 Å². The number of anilines is 4. The highest BCUT2D eigenvalue weighted by Crippen LogP contribution is 2.46. The number of alkyl halides is 1. The number of rotatable bonds is 11. The van der Waals surface area contributed by atoms with E-state index in [1.54, 1.807) is 65.2 Å². The zero-order valence-electron chi connectivity index (χ0n) is 27.7. The number of nitrogens with two attached hydrogens (primary N) is 1. The summed E-state index contributed by atoms with van der Waals surface area (Å²) in [6.07, 6.45) is -5.38. The lowest BCUT2D eigenvalue weighted by Crippen LogP contribution is -2.60. The van der Waals surface area contributed by atoms with Crippen LogP contribution in [0.4, 0.5) is 22.7 Å². The van der Waals surface area contributed by atoms with Gasteiger partial charge < -0.3 is 55.7 Å². The van der Waals surface area contributed by atoms with Gasteiger partial charge in [-0.15, -0.1) is 11.6 Å². The van der Waals surface area contributed by atoms with Gasteiger partial charge in [-0.2, -0.15) is 0 Å². The highest BCUT2D eigenvalue weighted by atomic mass is 35.5. The number of halogens is 1. The molecule has 270 valence electrons. The zero-order chi connectivity index (χ0) is 36.4. The smallest absolute Gasteiger partial charge is 0.272 e. The fraction of sp³-hybridized carbons (Fsp3) is 0.361. The fourth-order valence-electron chi connectivity index (χ4n) is 6.54. The second kappa shape index (κ2) is 15.3. The Morgan fingerprint density at radius 2 is 1.69 bits per heavy atom. The summed E-state index contributed by atoms with van der Waals surface area (Å²) in [4.78, 5) is 40.9. The van der Waals surface area contributed by atoms with Crippen molar-refractivity contribution in [2.75, 3.05) is 40.3 Å². The Morgan fingerprint density at radius 3 is 2.39 bits per heavy atom. The molecule has 1 fully saturated rings. The van der Waals surface area contributed by atoms with E-state index in [1.165, 1.54) is 0 Å². The van der Waals surface area contributed by atoms with Gasteiger partial charge >= 0.3 is 0 Å². The number of aromatic nitrogens is 1. The largest absolute Gasteiger partial charge is 0.461 e. The highest BCUT2D eigenvalue weighted by Gasteiger charge is 2.45. The summed E-state index contributed by atoms with van der Waals surface area (Å²) in [5.74, 6) is -0.598. The molecule has 3 aromatic carbocycles. The Bertz CT molecular complexity index is 1920. The number of aliphatic hydroxyl groups excluding tert-OH is 4. The van der Waals surface area contributed by atoms with Gasteiger partial charge in [0, 0.05) is 67.3 Å². The summed E-state index contributed by atoms with van der Waals surface area (Å²) in [6.45, 7) is -0.301. The lowest BCUT2D eigenvalue weighted by atomic mass is 9.95. The summed E-state index contributed by atoms with van der Waals surface area (Å²) < 4.78 is 13.3. The number of carbonyl (C=O) groups is 3. The predicted molar refractivity (Wildman–Crippen MR) is 191 cm³/mol. The maximum Gasteiger partial charge on any atom is 0.272 e. The van der Waals surface area contributed by atoms with Gasteiger partial charge in [-0.1, -0.05) is 24.3 Å². The fourth-order valence-corrected chi connectivity index (χ4v) is 6.79. The van der Waals surface area contributed by atoms with Crippen LogP contribution >= 0.6 is 11.6 Å². The molecule has 6 atom stereocenters. The summed E-state index contributed by atoms with van der Waals surface area (Å²) in [7, 11) is 1.69.